The van der Waals surface area contributed by atoms with Crippen LogP contribution in [0.1, 0.15) is 348 Å². The van der Waals surface area contributed by atoms with Crippen LogP contribution in [0.3, 0.4) is 0 Å². The molecule has 1 unspecified atom stereocenters. The third-order valence-corrected chi connectivity index (χ3v) is 14.2. The molecule has 0 aliphatic rings. The summed E-state index contributed by atoms with van der Waals surface area (Å²) < 4.78 is 16.8. The van der Waals surface area contributed by atoms with Crippen molar-refractivity contribution in [3.8, 4) is 0 Å². The van der Waals surface area contributed by atoms with E-state index in [1.54, 1.807) is 0 Å². The fourth-order valence-electron chi connectivity index (χ4n) is 9.48. The van der Waals surface area contributed by atoms with Gasteiger partial charge >= 0.3 is 17.9 Å². The van der Waals surface area contributed by atoms with Gasteiger partial charge in [0, 0.05) is 19.3 Å². The van der Waals surface area contributed by atoms with Gasteiger partial charge < -0.3 is 14.2 Å². The van der Waals surface area contributed by atoms with E-state index in [0.717, 1.165) is 70.6 Å². The van der Waals surface area contributed by atoms with Gasteiger partial charge in [-0.15, -0.1) is 0 Å². The van der Waals surface area contributed by atoms with Gasteiger partial charge in [-0.2, -0.15) is 0 Å². The molecule has 0 heterocycles. The number of ether oxygens (including phenoxy) is 3. The van der Waals surface area contributed by atoms with E-state index in [9.17, 15) is 14.4 Å². The smallest absolute Gasteiger partial charge is 0.306 e. The van der Waals surface area contributed by atoms with Gasteiger partial charge in [-0.25, -0.2) is 0 Å². The average molecular weight is 986 g/mol. The number of unbranched alkanes of at least 4 members (excludes halogenated alkanes) is 43. The molecule has 0 amide bonds. The molecule has 1 atom stereocenters. The molecule has 6 nitrogen and oxygen atoms in total. The fraction of sp³-hybridized carbons (Fsp3) is 0.891. The van der Waals surface area contributed by atoms with Crippen molar-refractivity contribution >= 4 is 17.9 Å². The SMILES string of the molecule is CCCCC/C=C\C/C=C\CCCCCCCCCC(=O)OC(COC(=O)CCCCCCCCC)COC(=O)CCCCCCCCCCCCCCCCCCCCCCCCCCCCCC. The highest BCUT2D eigenvalue weighted by atomic mass is 16.6. The number of allylic oxidation sites excluding steroid dienone is 4. The van der Waals surface area contributed by atoms with Crippen molar-refractivity contribution in [3.63, 3.8) is 0 Å². The summed E-state index contributed by atoms with van der Waals surface area (Å²) in [5, 5.41) is 0. The van der Waals surface area contributed by atoms with E-state index < -0.39 is 6.10 Å². The van der Waals surface area contributed by atoms with Crippen molar-refractivity contribution in [1.82, 2.24) is 0 Å². The highest BCUT2D eigenvalue weighted by Crippen LogP contribution is 2.18. The van der Waals surface area contributed by atoms with Crippen molar-refractivity contribution in [3.05, 3.63) is 24.3 Å². The first kappa shape index (κ1) is 67.9. The third-order valence-electron chi connectivity index (χ3n) is 14.2. The normalized spacial score (nSPS) is 12.1. The Morgan fingerprint density at radius 2 is 0.514 bits per heavy atom. The van der Waals surface area contributed by atoms with Crippen LogP contribution in [-0.2, 0) is 28.6 Å². The first-order valence-electron chi connectivity index (χ1n) is 31.3. The van der Waals surface area contributed by atoms with Gasteiger partial charge in [0.05, 0.1) is 0 Å². The second-order valence-electron chi connectivity index (χ2n) is 21.3. The van der Waals surface area contributed by atoms with Crippen LogP contribution < -0.4 is 0 Å². The topological polar surface area (TPSA) is 78.9 Å². The summed E-state index contributed by atoms with van der Waals surface area (Å²) in [5.74, 6) is -0.864. The van der Waals surface area contributed by atoms with Gasteiger partial charge in [0.2, 0.25) is 0 Å². The standard InChI is InChI=1S/C64H120O6/c1-4-7-10-13-16-18-20-22-24-26-27-28-29-30-31-32-33-34-35-36-38-39-41-43-45-48-51-54-57-63(66)69-60-61(59-68-62(65)56-53-50-47-15-12-9-6-3)70-64(67)58-55-52-49-46-44-42-40-37-25-23-21-19-17-14-11-8-5-2/h17,19,23,25,61H,4-16,18,20-22,24,26-60H2,1-3H3/b19-17-,25-23-. The maximum absolute atomic E-state index is 12.8. The van der Waals surface area contributed by atoms with E-state index in [4.69, 9.17) is 14.2 Å². The second kappa shape index (κ2) is 59.5. The maximum atomic E-state index is 12.8. The fourth-order valence-corrected chi connectivity index (χ4v) is 9.48. The lowest BCUT2D eigenvalue weighted by Gasteiger charge is -2.18. The Bertz CT molecular complexity index is 1130. The molecule has 0 radical (unpaired) electrons. The molecule has 0 aliphatic heterocycles. The lowest BCUT2D eigenvalue weighted by Crippen LogP contribution is -2.30. The Hall–Kier alpha value is -2.11. The predicted octanol–water partition coefficient (Wildman–Crippen LogP) is 21.1. The summed E-state index contributed by atoms with van der Waals surface area (Å²) in [7, 11) is 0. The molecule has 0 rings (SSSR count). The van der Waals surface area contributed by atoms with Crippen LogP contribution in [0.15, 0.2) is 24.3 Å². The Kier molecular flexibility index (Phi) is 57.7. The van der Waals surface area contributed by atoms with Gasteiger partial charge in [-0.05, 0) is 51.4 Å². The van der Waals surface area contributed by atoms with Crippen LogP contribution in [0.5, 0.6) is 0 Å². The Balaban J connectivity index is 4.03. The number of rotatable bonds is 58. The summed E-state index contributed by atoms with van der Waals surface area (Å²) in [4.78, 5) is 38.0. The summed E-state index contributed by atoms with van der Waals surface area (Å²) in [6.45, 7) is 6.62. The molecule has 412 valence electrons. The lowest BCUT2D eigenvalue weighted by atomic mass is 10.0. The molecular weight excluding hydrogens is 865 g/mol. The van der Waals surface area contributed by atoms with Gasteiger partial charge in [0.15, 0.2) is 6.10 Å². The van der Waals surface area contributed by atoms with Crippen molar-refractivity contribution in [2.24, 2.45) is 0 Å². The number of esters is 3. The highest BCUT2D eigenvalue weighted by molar-refractivity contribution is 5.71. The van der Waals surface area contributed by atoms with Gasteiger partial charge in [-0.3, -0.25) is 14.4 Å². The zero-order chi connectivity index (χ0) is 50.7. The molecular formula is C64H120O6. The number of carbonyl (C=O) groups is 3. The molecule has 0 bridgehead atoms. The van der Waals surface area contributed by atoms with Crippen LogP contribution in [0.25, 0.3) is 0 Å². The van der Waals surface area contributed by atoms with Crippen molar-refractivity contribution in [2.75, 3.05) is 13.2 Å². The molecule has 0 fully saturated rings. The van der Waals surface area contributed by atoms with E-state index >= 15 is 0 Å². The lowest BCUT2D eigenvalue weighted by molar-refractivity contribution is -0.167. The Morgan fingerprint density at radius 3 is 0.814 bits per heavy atom. The highest BCUT2D eigenvalue weighted by Gasteiger charge is 2.19. The molecule has 0 saturated heterocycles. The molecule has 0 aromatic heterocycles. The summed E-state index contributed by atoms with van der Waals surface area (Å²) in [5.41, 5.74) is 0. The Morgan fingerprint density at radius 1 is 0.286 bits per heavy atom. The number of hydrogen-bond acceptors (Lipinski definition) is 6. The zero-order valence-electron chi connectivity index (χ0n) is 47.3. The second-order valence-corrected chi connectivity index (χ2v) is 21.3. The summed E-state index contributed by atoms with van der Waals surface area (Å²) in [6.07, 6.45) is 70.8. The van der Waals surface area contributed by atoms with Crippen LogP contribution in [-0.4, -0.2) is 37.2 Å². The first-order valence-corrected chi connectivity index (χ1v) is 31.3. The molecule has 70 heavy (non-hydrogen) atoms. The predicted molar refractivity (Wildman–Crippen MR) is 303 cm³/mol. The summed E-state index contributed by atoms with van der Waals surface area (Å²) >= 11 is 0. The van der Waals surface area contributed by atoms with E-state index in [2.05, 4.69) is 45.1 Å². The molecule has 0 aliphatic carbocycles. The molecule has 6 heteroatoms. The summed E-state index contributed by atoms with van der Waals surface area (Å²) in [6, 6.07) is 0. The van der Waals surface area contributed by atoms with Gasteiger partial charge in [-0.1, -0.05) is 302 Å². The van der Waals surface area contributed by atoms with E-state index in [1.807, 2.05) is 0 Å². The van der Waals surface area contributed by atoms with Crippen LogP contribution >= 0.6 is 0 Å². The number of hydrogen-bond donors (Lipinski definition) is 0. The van der Waals surface area contributed by atoms with Crippen molar-refractivity contribution in [1.29, 1.82) is 0 Å². The minimum atomic E-state index is -0.769. The van der Waals surface area contributed by atoms with Crippen molar-refractivity contribution < 1.29 is 28.6 Å². The number of carbonyl (C=O) groups excluding carboxylic acids is 3. The first-order chi connectivity index (χ1) is 34.5. The molecule has 0 aromatic carbocycles. The van der Waals surface area contributed by atoms with E-state index in [0.29, 0.717) is 19.3 Å². The van der Waals surface area contributed by atoms with Crippen molar-refractivity contribution in [2.45, 2.75) is 354 Å². The minimum Gasteiger partial charge on any atom is -0.462 e. The average Bonchev–Trinajstić information content (AvgIpc) is 3.36. The molecule has 0 aromatic rings. The molecule has 0 N–H and O–H groups in total. The third kappa shape index (κ3) is 56.8. The zero-order valence-corrected chi connectivity index (χ0v) is 47.3. The largest absolute Gasteiger partial charge is 0.462 e. The Labute approximate surface area is 436 Å². The van der Waals surface area contributed by atoms with E-state index in [-0.39, 0.29) is 31.1 Å². The minimum absolute atomic E-state index is 0.0697. The van der Waals surface area contributed by atoms with E-state index in [1.165, 1.54) is 238 Å². The molecule has 0 spiro atoms. The quantitative estimate of drug-likeness (QED) is 0.0261. The van der Waals surface area contributed by atoms with Crippen LogP contribution in [0.4, 0.5) is 0 Å². The van der Waals surface area contributed by atoms with Crippen LogP contribution in [0.2, 0.25) is 0 Å². The monoisotopic (exact) mass is 985 g/mol. The molecule has 0 saturated carbocycles. The van der Waals surface area contributed by atoms with Gasteiger partial charge in [0.1, 0.15) is 13.2 Å². The maximum Gasteiger partial charge on any atom is 0.306 e. The van der Waals surface area contributed by atoms with Crippen LogP contribution in [0, 0.1) is 0 Å². The van der Waals surface area contributed by atoms with Gasteiger partial charge in [0.25, 0.3) is 0 Å².